The number of hydrogen-bond donors (Lipinski definition) is 0. The molecular weight excluding hydrogens is 402 g/mol. The van der Waals surface area contributed by atoms with Gasteiger partial charge in [0, 0.05) is 0 Å². The van der Waals surface area contributed by atoms with Crippen molar-refractivity contribution in [2.45, 2.75) is 85.5 Å². The molecule has 0 amide bonds. The number of fused-ring (bicyclic) bond motifs is 4. The van der Waals surface area contributed by atoms with Crippen molar-refractivity contribution >= 4 is 7.82 Å². The van der Waals surface area contributed by atoms with Gasteiger partial charge in [0.1, 0.15) is 11.5 Å². The zero-order valence-electron chi connectivity index (χ0n) is 20.4. The third-order valence-corrected chi connectivity index (χ3v) is 6.67. The summed E-state index contributed by atoms with van der Waals surface area (Å²) in [5.74, 6) is 1.66. The molecule has 2 aromatic carbocycles. The summed E-state index contributed by atoms with van der Waals surface area (Å²) in [6.07, 6.45) is 0.716. The Labute approximate surface area is 199 Å². The van der Waals surface area contributed by atoms with Crippen LogP contribution in [0.5, 0.6) is 11.5 Å². The van der Waals surface area contributed by atoms with Crippen molar-refractivity contribution in [2.24, 2.45) is 0 Å². The molecule has 0 aliphatic carbocycles. The van der Waals surface area contributed by atoms with Crippen molar-refractivity contribution in [3.8, 4) is 11.5 Å². The predicted octanol–water partition coefficient (Wildman–Crippen LogP) is 4.01. The zero-order valence-corrected chi connectivity index (χ0v) is 21.3. The van der Waals surface area contributed by atoms with Crippen molar-refractivity contribution in [3.63, 3.8) is 0 Å². The molecule has 4 nitrogen and oxygen atoms in total. The normalized spacial score (nSPS) is 15.0. The van der Waals surface area contributed by atoms with E-state index in [-0.39, 0.29) is 30.7 Å². The molecule has 0 saturated heterocycles. The second kappa shape index (κ2) is 9.76. The first kappa shape index (κ1) is 26.1. The summed E-state index contributed by atoms with van der Waals surface area (Å²) in [4.78, 5) is 12.9. The molecule has 1 aliphatic rings. The van der Waals surface area contributed by atoms with E-state index in [1.807, 2.05) is 39.8 Å². The second-order valence-corrected chi connectivity index (χ2v) is 10.9. The first-order chi connectivity index (χ1) is 13.9. The van der Waals surface area contributed by atoms with E-state index < -0.39 is 7.82 Å². The SMILES string of the molecule is CC(C)c1cc(C(C)C)c2cc1Cc1cc(c(C(C)C)cc1C(C)C)OP(=O)([O-])O2.[Li+]. The first-order valence-electron chi connectivity index (χ1n) is 10.9. The van der Waals surface area contributed by atoms with E-state index in [2.05, 4.69) is 39.8 Å². The molecule has 0 N–H and O–H groups in total. The van der Waals surface area contributed by atoms with E-state index in [0.717, 1.165) is 22.3 Å². The van der Waals surface area contributed by atoms with Crippen molar-refractivity contribution in [1.82, 2.24) is 0 Å². The molecule has 2 aromatic rings. The summed E-state index contributed by atoms with van der Waals surface area (Å²) in [7, 11) is -4.59. The van der Waals surface area contributed by atoms with Crippen LogP contribution in [0, 0.1) is 0 Å². The summed E-state index contributed by atoms with van der Waals surface area (Å²) in [5.41, 5.74) is 6.46. The van der Waals surface area contributed by atoms with E-state index >= 15 is 0 Å². The zero-order chi connectivity index (χ0) is 22.4. The largest absolute Gasteiger partial charge is 1.00 e. The third kappa shape index (κ3) is 5.61. The summed E-state index contributed by atoms with van der Waals surface area (Å²) >= 11 is 0. The minimum Gasteiger partial charge on any atom is -0.736 e. The van der Waals surface area contributed by atoms with Crippen LogP contribution in [0.1, 0.15) is 112 Å². The molecule has 0 radical (unpaired) electrons. The number of rotatable bonds is 4. The Hall–Kier alpha value is -1.17. The molecule has 0 saturated carbocycles. The molecule has 164 valence electrons. The Morgan fingerprint density at radius 2 is 1.00 bits per heavy atom. The quantitative estimate of drug-likeness (QED) is 0.537. The predicted molar refractivity (Wildman–Crippen MR) is 121 cm³/mol. The Morgan fingerprint density at radius 1 is 0.677 bits per heavy atom. The summed E-state index contributed by atoms with van der Waals surface area (Å²) < 4.78 is 23.9. The van der Waals surface area contributed by atoms with Crippen LogP contribution in [0.2, 0.25) is 0 Å². The molecular formula is C25H34LiO4P. The molecule has 6 heteroatoms. The average Bonchev–Trinajstić information content (AvgIpc) is 2.59. The fourth-order valence-corrected chi connectivity index (χ4v) is 5.05. The Morgan fingerprint density at radius 3 is 1.29 bits per heavy atom. The molecule has 1 heterocycles. The van der Waals surface area contributed by atoms with Crippen LogP contribution in [0.4, 0.5) is 0 Å². The molecule has 4 bridgehead atoms. The van der Waals surface area contributed by atoms with E-state index in [1.165, 1.54) is 11.1 Å². The van der Waals surface area contributed by atoms with E-state index in [4.69, 9.17) is 9.05 Å². The minimum absolute atomic E-state index is 0. The van der Waals surface area contributed by atoms with Crippen LogP contribution in [0.3, 0.4) is 0 Å². The van der Waals surface area contributed by atoms with Gasteiger partial charge in [-0.25, -0.2) is 4.57 Å². The number of benzene rings is 2. The van der Waals surface area contributed by atoms with Crippen molar-refractivity contribution < 1.29 is 37.4 Å². The first-order valence-corrected chi connectivity index (χ1v) is 12.4. The van der Waals surface area contributed by atoms with Crippen LogP contribution in [-0.4, -0.2) is 0 Å². The standard InChI is InChI=1S/C25H35O4P.Li/c1-14(2)20-12-22(16(5)6)24-10-18(20)9-19-11-25(29-30(26,27)28-24)23(17(7)8)13-21(19)15(3)4;/h10-17H,9H2,1-8H3,(H,26,27);/q;+1/p-1. The number of phosphoric ester groups is 1. The fraction of sp³-hybridized carbons (Fsp3) is 0.520. The maximum absolute atomic E-state index is 12.9. The number of phosphoric acid groups is 1. The van der Waals surface area contributed by atoms with Gasteiger partial charge in [0.25, 0.3) is 0 Å². The number of hydrogen-bond acceptors (Lipinski definition) is 4. The van der Waals surface area contributed by atoms with Gasteiger partial charge in [-0.1, -0.05) is 67.5 Å². The molecule has 0 atom stereocenters. The summed E-state index contributed by atoms with van der Waals surface area (Å²) in [5, 5.41) is 0. The molecule has 0 spiro atoms. The van der Waals surface area contributed by atoms with Gasteiger partial charge < -0.3 is 13.9 Å². The van der Waals surface area contributed by atoms with Gasteiger partial charge in [-0.05, 0) is 75.6 Å². The van der Waals surface area contributed by atoms with Crippen LogP contribution >= 0.6 is 7.82 Å². The van der Waals surface area contributed by atoms with Gasteiger partial charge in [0.15, 0.2) is 0 Å². The Balaban J connectivity index is 0.00000341. The summed E-state index contributed by atoms with van der Waals surface area (Å²) in [6.45, 7) is 16.9. The fourth-order valence-electron chi connectivity index (χ4n) is 4.22. The molecule has 1 aliphatic heterocycles. The minimum atomic E-state index is -4.59. The van der Waals surface area contributed by atoms with Crippen molar-refractivity contribution in [3.05, 3.63) is 57.6 Å². The van der Waals surface area contributed by atoms with Gasteiger partial charge in [-0.3, -0.25) is 0 Å². The van der Waals surface area contributed by atoms with Crippen LogP contribution in [0.25, 0.3) is 0 Å². The Bertz CT molecular complexity index is 920. The van der Waals surface area contributed by atoms with Gasteiger partial charge in [-0.15, -0.1) is 0 Å². The van der Waals surface area contributed by atoms with Crippen molar-refractivity contribution in [1.29, 1.82) is 0 Å². The third-order valence-electron chi connectivity index (χ3n) is 5.83. The van der Waals surface area contributed by atoms with Crippen LogP contribution < -0.4 is 32.8 Å². The van der Waals surface area contributed by atoms with Crippen LogP contribution in [0.15, 0.2) is 24.3 Å². The van der Waals surface area contributed by atoms with E-state index in [1.54, 1.807) is 0 Å². The maximum Gasteiger partial charge on any atom is 1.00 e. The molecule has 31 heavy (non-hydrogen) atoms. The van der Waals surface area contributed by atoms with Gasteiger partial charge in [0.2, 0.25) is 0 Å². The average molecular weight is 436 g/mol. The molecule has 0 aromatic heterocycles. The van der Waals surface area contributed by atoms with E-state index in [9.17, 15) is 9.46 Å². The Kier molecular flexibility index (Phi) is 8.21. The van der Waals surface area contributed by atoms with Gasteiger partial charge >= 0.3 is 26.7 Å². The molecule has 3 rings (SSSR count). The van der Waals surface area contributed by atoms with Gasteiger partial charge in [-0.2, -0.15) is 0 Å². The molecule has 0 fully saturated rings. The topological polar surface area (TPSA) is 58.6 Å². The molecule has 0 unspecified atom stereocenters. The smallest absolute Gasteiger partial charge is 0.736 e. The van der Waals surface area contributed by atoms with Crippen LogP contribution in [-0.2, 0) is 11.0 Å². The summed E-state index contributed by atoms with van der Waals surface area (Å²) in [6, 6.07) is 8.04. The maximum atomic E-state index is 12.9. The second-order valence-electron chi connectivity index (χ2n) is 9.60. The van der Waals surface area contributed by atoms with E-state index in [0.29, 0.717) is 29.8 Å². The monoisotopic (exact) mass is 436 g/mol. The van der Waals surface area contributed by atoms with Crippen molar-refractivity contribution in [2.75, 3.05) is 0 Å². The van der Waals surface area contributed by atoms with Gasteiger partial charge in [0.05, 0.1) is 0 Å².